The van der Waals surface area contributed by atoms with Gasteiger partial charge in [-0.1, -0.05) is 19.1 Å². The first kappa shape index (κ1) is 23.8. The number of hydrogen-bond donors (Lipinski definition) is 0. The number of carbonyl (C=O) groups is 4. The van der Waals surface area contributed by atoms with Crippen LogP contribution in [0.4, 0.5) is 11.4 Å². The van der Waals surface area contributed by atoms with Gasteiger partial charge in [0.25, 0.3) is 0 Å². The van der Waals surface area contributed by atoms with Gasteiger partial charge in [0.2, 0.25) is 17.7 Å². The number of rotatable bonds is 6. The van der Waals surface area contributed by atoms with Gasteiger partial charge in [0.05, 0.1) is 30.0 Å². The minimum atomic E-state index is -0.595. The van der Waals surface area contributed by atoms with Crippen molar-refractivity contribution < 1.29 is 28.7 Å². The number of benzene rings is 2. The van der Waals surface area contributed by atoms with Crippen molar-refractivity contribution in [2.24, 2.45) is 23.7 Å². The van der Waals surface area contributed by atoms with E-state index in [9.17, 15) is 19.2 Å². The molecule has 1 aliphatic carbocycles. The van der Waals surface area contributed by atoms with E-state index in [1.54, 1.807) is 53.4 Å². The van der Waals surface area contributed by atoms with Crippen molar-refractivity contribution in [2.45, 2.75) is 26.7 Å². The molecule has 2 heterocycles. The predicted molar refractivity (Wildman–Crippen MR) is 133 cm³/mol. The minimum absolute atomic E-state index is 0.0155. The molecule has 4 atom stereocenters. The van der Waals surface area contributed by atoms with Gasteiger partial charge in [-0.15, -0.1) is 0 Å². The fraction of sp³-hybridized carbons (Fsp3) is 0.357. The quantitative estimate of drug-likeness (QED) is 0.266. The lowest BCUT2D eigenvalue weighted by Gasteiger charge is -2.22. The molecule has 2 aromatic carbocycles. The van der Waals surface area contributed by atoms with Crippen molar-refractivity contribution in [3.05, 3.63) is 60.7 Å². The van der Waals surface area contributed by atoms with Crippen molar-refractivity contribution in [3.63, 3.8) is 0 Å². The van der Waals surface area contributed by atoms with Crippen LogP contribution in [-0.4, -0.2) is 36.8 Å². The number of allylic oxidation sites excluding steroid dienone is 2. The molecule has 5 rings (SSSR count). The number of esters is 1. The number of amides is 3. The molecule has 0 radical (unpaired) electrons. The zero-order chi connectivity index (χ0) is 25.4. The molecular formula is C28H28N2O6. The Bertz CT molecular complexity index is 1220. The van der Waals surface area contributed by atoms with E-state index >= 15 is 0 Å². The highest BCUT2D eigenvalue weighted by Crippen LogP contribution is 2.40. The number of anilines is 2. The average molecular weight is 489 g/mol. The molecule has 0 aromatic heterocycles. The van der Waals surface area contributed by atoms with Crippen molar-refractivity contribution in [1.29, 1.82) is 0 Å². The number of carbonyl (C=O) groups excluding carboxylic acids is 4. The van der Waals surface area contributed by atoms with Crippen molar-refractivity contribution in [1.82, 2.24) is 0 Å². The Morgan fingerprint density at radius 3 is 2.28 bits per heavy atom. The van der Waals surface area contributed by atoms with Crippen molar-refractivity contribution >= 4 is 35.1 Å². The van der Waals surface area contributed by atoms with Crippen LogP contribution < -0.4 is 19.3 Å². The van der Waals surface area contributed by atoms with Gasteiger partial charge >= 0.3 is 5.97 Å². The molecule has 36 heavy (non-hydrogen) atoms. The minimum Gasteiger partial charge on any atom is -0.494 e. The Balaban J connectivity index is 1.22. The summed E-state index contributed by atoms with van der Waals surface area (Å²) in [5, 5.41) is 0. The molecule has 8 nitrogen and oxygen atoms in total. The van der Waals surface area contributed by atoms with E-state index in [0.717, 1.165) is 5.75 Å². The Labute approximate surface area is 209 Å². The zero-order valence-electron chi connectivity index (χ0n) is 20.3. The van der Waals surface area contributed by atoms with Gasteiger partial charge in [-0.2, -0.15) is 0 Å². The van der Waals surface area contributed by atoms with E-state index in [1.807, 2.05) is 26.0 Å². The van der Waals surface area contributed by atoms with Crippen molar-refractivity contribution in [2.75, 3.05) is 23.0 Å². The van der Waals surface area contributed by atoms with Crippen LogP contribution in [0, 0.1) is 23.7 Å². The summed E-state index contributed by atoms with van der Waals surface area (Å²) in [5.41, 5.74) is 1.16. The summed E-state index contributed by atoms with van der Waals surface area (Å²) < 4.78 is 11.0. The molecule has 2 aliphatic heterocycles. The van der Waals surface area contributed by atoms with E-state index in [2.05, 4.69) is 0 Å². The van der Waals surface area contributed by atoms with E-state index in [0.29, 0.717) is 30.2 Å². The summed E-state index contributed by atoms with van der Waals surface area (Å²) in [6, 6.07) is 13.5. The largest absolute Gasteiger partial charge is 0.494 e. The molecule has 0 unspecified atom stereocenters. The van der Waals surface area contributed by atoms with Crippen LogP contribution in [0.5, 0.6) is 11.5 Å². The average Bonchev–Trinajstić information content (AvgIpc) is 3.38. The maximum absolute atomic E-state index is 13.0. The molecule has 2 aromatic rings. The molecule has 3 amide bonds. The Morgan fingerprint density at radius 1 is 0.944 bits per heavy atom. The maximum atomic E-state index is 13.0. The number of ether oxygens (including phenoxy) is 2. The SMILES string of the molecule is CCOc1ccc(N2C[C@H](C(=O)Oc3ccc(N4C(=O)[C@@H]5[C@H](C)C=CC[C@H]5C4=O)cc3)CC2=O)cc1. The Morgan fingerprint density at radius 2 is 1.61 bits per heavy atom. The van der Waals surface area contributed by atoms with Crippen LogP contribution in [-0.2, 0) is 19.2 Å². The molecule has 0 N–H and O–H groups in total. The lowest BCUT2D eigenvalue weighted by molar-refractivity contribution is -0.139. The second-order valence-electron chi connectivity index (χ2n) is 9.41. The first-order valence-corrected chi connectivity index (χ1v) is 12.3. The van der Waals surface area contributed by atoms with Gasteiger partial charge in [-0.05, 0) is 67.8 Å². The molecule has 0 bridgehead atoms. The van der Waals surface area contributed by atoms with Crippen LogP contribution in [0.2, 0.25) is 0 Å². The van der Waals surface area contributed by atoms with Crippen LogP contribution >= 0.6 is 0 Å². The zero-order valence-corrected chi connectivity index (χ0v) is 20.3. The Kier molecular flexibility index (Phi) is 6.35. The summed E-state index contributed by atoms with van der Waals surface area (Å²) in [6.07, 6.45) is 4.59. The molecule has 8 heteroatoms. The first-order chi connectivity index (χ1) is 17.4. The first-order valence-electron chi connectivity index (χ1n) is 12.3. The van der Waals surface area contributed by atoms with Gasteiger partial charge in [-0.3, -0.25) is 24.1 Å². The number of nitrogens with zero attached hydrogens (tertiary/aromatic N) is 2. The fourth-order valence-corrected chi connectivity index (χ4v) is 5.27. The second kappa shape index (κ2) is 9.60. The van der Waals surface area contributed by atoms with E-state index < -0.39 is 11.9 Å². The van der Waals surface area contributed by atoms with E-state index in [-0.39, 0.29) is 48.4 Å². The van der Waals surface area contributed by atoms with Crippen LogP contribution in [0.3, 0.4) is 0 Å². The van der Waals surface area contributed by atoms with Gasteiger partial charge in [0.1, 0.15) is 11.5 Å². The number of fused-ring (bicyclic) bond motifs is 1. The van der Waals surface area contributed by atoms with Crippen LogP contribution in [0.25, 0.3) is 0 Å². The summed E-state index contributed by atoms with van der Waals surface area (Å²) in [4.78, 5) is 54.0. The molecule has 0 saturated carbocycles. The third-order valence-corrected chi connectivity index (χ3v) is 7.10. The second-order valence-corrected chi connectivity index (χ2v) is 9.41. The van der Waals surface area contributed by atoms with Gasteiger partial charge in [0.15, 0.2) is 0 Å². The highest BCUT2D eigenvalue weighted by molar-refractivity contribution is 6.22. The van der Waals surface area contributed by atoms with E-state index in [1.165, 1.54) is 4.90 Å². The summed E-state index contributed by atoms with van der Waals surface area (Å²) in [5.74, 6) is -1.25. The van der Waals surface area contributed by atoms with Gasteiger partial charge in [0, 0.05) is 18.7 Å². The Hall–Kier alpha value is -3.94. The molecular weight excluding hydrogens is 460 g/mol. The monoisotopic (exact) mass is 488 g/mol. The maximum Gasteiger partial charge on any atom is 0.316 e. The predicted octanol–water partition coefficient (Wildman–Crippen LogP) is 3.75. The third kappa shape index (κ3) is 4.27. The highest BCUT2D eigenvalue weighted by Gasteiger charge is 2.50. The van der Waals surface area contributed by atoms with Crippen LogP contribution in [0.1, 0.15) is 26.7 Å². The summed E-state index contributed by atoms with van der Waals surface area (Å²) in [6.45, 7) is 4.64. The molecule has 0 spiro atoms. The highest BCUT2D eigenvalue weighted by atomic mass is 16.5. The number of imide groups is 1. The van der Waals surface area contributed by atoms with Crippen LogP contribution in [0.15, 0.2) is 60.7 Å². The smallest absolute Gasteiger partial charge is 0.316 e. The third-order valence-electron chi connectivity index (χ3n) is 7.10. The topological polar surface area (TPSA) is 93.2 Å². The normalized spacial score (nSPS) is 25.3. The molecule has 3 aliphatic rings. The lowest BCUT2D eigenvalue weighted by Crippen LogP contribution is -2.31. The number of hydrogen-bond acceptors (Lipinski definition) is 6. The molecule has 2 saturated heterocycles. The summed E-state index contributed by atoms with van der Waals surface area (Å²) in [7, 11) is 0. The molecule has 186 valence electrons. The fourth-order valence-electron chi connectivity index (χ4n) is 5.27. The van der Waals surface area contributed by atoms with Gasteiger partial charge in [-0.25, -0.2) is 0 Å². The van der Waals surface area contributed by atoms with Crippen molar-refractivity contribution in [3.8, 4) is 11.5 Å². The molecule has 2 fully saturated rings. The lowest BCUT2D eigenvalue weighted by atomic mass is 9.78. The van der Waals surface area contributed by atoms with Gasteiger partial charge < -0.3 is 14.4 Å². The summed E-state index contributed by atoms with van der Waals surface area (Å²) >= 11 is 0. The standard InChI is InChI=1S/C28H28N2O6/c1-3-35-21-11-7-19(8-12-21)29-16-18(15-24(29)31)28(34)36-22-13-9-20(10-14-22)30-26(32)23-6-4-5-17(2)25(23)27(30)33/h4-5,7-14,17-18,23,25H,3,6,15-16H2,1-2H3/t17-,18-,23-,25-/m1/s1. The van der Waals surface area contributed by atoms with E-state index in [4.69, 9.17) is 9.47 Å².